The molecule has 3 aromatic heterocycles. The number of primary amides is 1. The van der Waals surface area contributed by atoms with Crippen molar-refractivity contribution in [2.75, 3.05) is 0 Å². The number of halogens is 1. The number of benzene rings is 2. The average molecular weight is 517 g/mol. The first kappa shape index (κ1) is 24.4. The van der Waals surface area contributed by atoms with E-state index in [-0.39, 0.29) is 35.7 Å². The lowest BCUT2D eigenvalue weighted by Gasteiger charge is -2.11. The Morgan fingerprint density at radius 1 is 1.05 bits per heavy atom. The molecule has 3 heterocycles. The zero-order valence-corrected chi connectivity index (χ0v) is 19.9. The Labute approximate surface area is 212 Å². The third kappa shape index (κ3) is 4.48. The van der Waals surface area contributed by atoms with Crippen LogP contribution in [-0.4, -0.2) is 36.9 Å². The van der Waals surface area contributed by atoms with E-state index in [1.54, 1.807) is 43.4 Å². The summed E-state index contributed by atoms with van der Waals surface area (Å²) in [5.41, 5.74) is 7.08. The van der Waals surface area contributed by atoms with Gasteiger partial charge in [-0.1, -0.05) is 24.3 Å². The van der Waals surface area contributed by atoms with E-state index in [2.05, 4.69) is 20.7 Å². The third-order valence-electron chi connectivity index (χ3n) is 5.93. The van der Waals surface area contributed by atoms with Gasteiger partial charge in [0.25, 0.3) is 11.8 Å². The third-order valence-corrected chi connectivity index (χ3v) is 5.93. The molecule has 0 saturated heterocycles. The molecule has 0 fully saturated rings. The fourth-order valence-electron chi connectivity index (χ4n) is 3.95. The highest BCUT2D eigenvalue weighted by Gasteiger charge is 2.20. The summed E-state index contributed by atoms with van der Waals surface area (Å²) in [5, 5.41) is 9.15. The van der Waals surface area contributed by atoms with E-state index >= 15 is 0 Å². The predicted octanol–water partition coefficient (Wildman–Crippen LogP) is 1.27. The Hall–Kier alpha value is -5.33. The molecule has 3 amide bonds. The predicted molar refractivity (Wildman–Crippen MR) is 132 cm³/mol. The SMILES string of the molecule is Cn1c(=O)oc2ccc(CNC(=O)c3cc(C(=O)NCc4ccccc4C(N)=O)n4ncc(F)c4n3)cc21. The lowest BCUT2D eigenvalue weighted by Crippen LogP contribution is -2.29. The number of hydrogen-bond acceptors (Lipinski definition) is 7. The van der Waals surface area contributed by atoms with Gasteiger partial charge < -0.3 is 20.8 Å². The van der Waals surface area contributed by atoms with Crippen molar-refractivity contribution in [1.82, 2.24) is 29.8 Å². The maximum absolute atomic E-state index is 14.4. The molecule has 0 bridgehead atoms. The topological polar surface area (TPSA) is 167 Å². The molecule has 0 unspecified atom stereocenters. The molecule has 192 valence electrons. The molecule has 4 N–H and O–H groups in total. The molecule has 2 aromatic carbocycles. The minimum atomic E-state index is -0.820. The summed E-state index contributed by atoms with van der Waals surface area (Å²) in [6.45, 7) is 0.0141. The minimum Gasteiger partial charge on any atom is -0.408 e. The summed E-state index contributed by atoms with van der Waals surface area (Å²) in [5.74, 6) is -3.32. The average Bonchev–Trinajstić information content (AvgIpc) is 3.43. The van der Waals surface area contributed by atoms with E-state index in [0.717, 1.165) is 10.7 Å². The molecule has 0 aliphatic carbocycles. The number of oxazole rings is 1. The van der Waals surface area contributed by atoms with Gasteiger partial charge in [-0.05, 0) is 29.3 Å². The lowest BCUT2D eigenvalue weighted by molar-refractivity contribution is 0.0937. The van der Waals surface area contributed by atoms with Crippen LogP contribution >= 0.6 is 0 Å². The highest BCUT2D eigenvalue weighted by atomic mass is 19.1. The van der Waals surface area contributed by atoms with Gasteiger partial charge in [-0.15, -0.1) is 0 Å². The Morgan fingerprint density at radius 2 is 1.82 bits per heavy atom. The number of aryl methyl sites for hydroxylation is 1. The smallest absolute Gasteiger partial charge is 0.408 e. The van der Waals surface area contributed by atoms with E-state index < -0.39 is 29.3 Å². The van der Waals surface area contributed by atoms with E-state index in [0.29, 0.717) is 22.2 Å². The van der Waals surface area contributed by atoms with Crippen LogP contribution in [0.1, 0.15) is 42.5 Å². The van der Waals surface area contributed by atoms with Crippen molar-refractivity contribution in [3.05, 3.63) is 99.2 Å². The van der Waals surface area contributed by atoms with Crippen LogP contribution in [0.5, 0.6) is 0 Å². The quantitative estimate of drug-likeness (QED) is 0.292. The number of hydrogen-bond donors (Lipinski definition) is 3. The number of carbonyl (C=O) groups is 3. The summed E-state index contributed by atoms with van der Waals surface area (Å²) < 4.78 is 21.8. The van der Waals surface area contributed by atoms with Crippen LogP contribution in [0.2, 0.25) is 0 Å². The molecule has 0 atom stereocenters. The maximum atomic E-state index is 14.4. The van der Waals surface area contributed by atoms with Crippen molar-refractivity contribution in [2.45, 2.75) is 13.1 Å². The van der Waals surface area contributed by atoms with Crippen molar-refractivity contribution >= 4 is 34.5 Å². The van der Waals surface area contributed by atoms with Gasteiger partial charge in [-0.2, -0.15) is 5.10 Å². The van der Waals surface area contributed by atoms with Crippen LogP contribution in [0.25, 0.3) is 16.7 Å². The summed E-state index contributed by atoms with van der Waals surface area (Å²) in [6, 6.07) is 12.7. The Kier molecular flexibility index (Phi) is 6.16. The first-order valence-electron chi connectivity index (χ1n) is 11.3. The maximum Gasteiger partial charge on any atom is 0.419 e. The molecule has 5 rings (SSSR count). The van der Waals surface area contributed by atoms with Crippen LogP contribution < -0.4 is 22.1 Å². The van der Waals surface area contributed by atoms with Crippen molar-refractivity contribution in [1.29, 1.82) is 0 Å². The number of amides is 3. The first-order valence-corrected chi connectivity index (χ1v) is 11.3. The van der Waals surface area contributed by atoms with E-state index in [1.165, 1.54) is 16.7 Å². The fraction of sp³-hybridized carbons (Fsp3) is 0.120. The van der Waals surface area contributed by atoms with Crippen LogP contribution in [0.3, 0.4) is 0 Å². The molecular formula is C25H20FN7O5. The standard InChI is InChI=1S/C25H20FN7O5/c1-32-18-8-13(6-7-20(18)38-25(32)37)10-28-23(35)17-9-19(33-22(31-17)16(26)12-30-33)24(36)29-11-14-4-2-3-5-15(14)21(27)34/h2-9,12H,10-11H2,1H3,(H2,27,34)(H,28,35)(H,29,36). The number of aromatic nitrogens is 4. The van der Waals surface area contributed by atoms with Gasteiger partial charge in [0.1, 0.15) is 11.4 Å². The summed E-state index contributed by atoms with van der Waals surface area (Å²) in [4.78, 5) is 53.3. The van der Waals surface area contributed by atoms with Gasteiger partial charge in [-0.25, -0.2) is 18.7 Å². The molecule has 13 heteroatoms. The Balaban J connectivity index is 1.38. The number of fused-ring (bicyclic) bond motifs is 2. The van der Waals surface area contributed by atoms with Crippen molar-refractivity contribution in [3.8, 4) is 0 Å². The van der Waals surface area contributed by atoms with E-state index in [9.17, 15) is 23.6 Å². The largest absolute Gasteiger partial charge is 0.419 e. The molecule has 0 spiro atoms. The highest BCUT2D eigenvalue weighted by Crippen LogP contribution is 2.16. The number of carbonyl (C=O) groups excluding carboxylic acids is 3. The molecule has 38 heavy (non-hydrogen) atoms. The zero-order valence-electron chi connectivity index (χ0n) is 19.9. The number of nitrogens with zero attached hydrogens (tertiary/aromatic N) is 4. The van der Waals surface area contributed by atoms with Gasteiger partial charge in [0.15, 0.2) is 17.0 Å². The van der Waals surface area contributed by atoms with Crippen LogP contribution in [0.4, 0.5) is 4.39 Å². The molecule has 5 aromatic rings. The van der Waals surface area contributed by atoms with Gasteiger partial charge in [0, 0.05) is 31.8 Å². The molecule has 0 aliphatic rings. The fourth-order valence-corrected chi connectivity index (χ4v) is 3.95. The second kappa shape index (κ2) is 9.61. The van der Waals surface area contributed by atoms with Crippen molar-refractivity contribution in [3.63, 3.8) is 0 Å². The molecule has 0 aliphatic heterocycles. The van der Waals surface area contributed by atoms with Crippen molar-refractivity contribution < 1.29 is 23.2 Å². The summed E-state index contributed by atoms with van der Waals surface area (Å²) >= 11 is 0. The summed E-state index contributed by atoms with van der Waals surface area (Å²) in [7, 11) is 1.56. The molecule has 0 saturated carbocycles. The lowest BCUT2D eigenvalue weighted by atomic mass is 10.1. The zero-order chi connectivity index (χ0) is 27.0. The van der Waals surface area contributed by atoms with Gasteiger partial charge >= 0.3 is 5.76 Å². The monoisotopic (exact) mass is 517 g/mol. The van der Waals surface area contributed by atoms with Crippen LogP contribution in [-0.2, 0) is 20.1 Å². The normalized spacial score (nSPS) is 11.1. The molecule has 0 radical (unpaired) electrons. The van der Waals surface area contributed by atoms with Crippen LogP contribution in [0, 0.1) is 5.82 Å². The minimum absolute atomic E-state index is 0.0496. The first-order chi connectivity index (χ1) is 18.2. The molecule has 12 nitrogen and oxygen atoms in total. The molecular weight excluding hydrogens is 497 g/mol. The second-order valence-electron chi connectivity index (χ2n) is 8.37. The second-order valence-corrected chi connectivity index (χ2v) is 8.37. The number of rotatable bonds is 7. The Morgan fingerprint density at radius 3 is 2.61 bits per heavy atom. The summed E-state index contributed by atoms with van der Waals surface area (Å²) in [6.07, 6.45) is 0.883. The highest BCUT2D eigenvalue weighted by molar-refractivity contribution is 5.98. The van der Waals surface area contributed by atoms with Gasteiger partial charge in [0.2, 0.25) is 5.91 Å². The number of nitrogens with two attached hydrogens (primary N) is 1. The van der Waals surface area contributed by atoms with Gasteiger partial charge in [-0.3, -0.25) is 19.0 Å². The van der Waals surface area contributed by atoms with E-state index in [1.807, 2.05) is 0 Å². The number of nitrogens with one attached hydrogen (secondary N) is 2. The van der Waals surface area contributed by atoms with E-state index in [4.69, 9.17) is 10.2 Å². The van der Waals surface area contributed by atoms with Crippen molar-refractivity contribution in [2.24, 2.45) is 12.8 Å². The van der Waals surface area contributed by atoms with Gasteiger partial charge in [0.05, 0.1) is 11.7 Å². The Bertz CT molecular complexity index is 1800. The van der Waals surface area contributed by atoms with Crippen LogP contribution in [0.15, 0.2) is 63.9 Å².